The van der Waals surface area contributed by atoms with Crippen molar-refractivity contribution in [1.29, 1.82) is 0 Å². The molecular formula is C21H28N4OS. The minimum Gasteiger partial charge on any atom is -0.298 e. The van der Waals surface area contributed by atoms with Gasteiger partial charge in [0.05, 0.1) is 12.2 Å². The third-order valence-corrected chi connectivity index (χ3v) is 6.87. The van der Waals surface area contributed by atoms with Crippen LogP contribution < -0.4 is 4.90 Å². The molecule has 1 aliphatic heterocycles. The molecule has 0 aromatic carbocycles. The predicted octanol–water partition coefficient (Wildman–Crippen LogP) is 4.03. The smallest absolute Gasteiger partial charge is 0.232 e. The van der Waals surface area contributed by atoms with E-state index in [0.29, 0.717) is 6.54 Å². The van der Waals surface area contributed by atoms with Gasteiger partial charge in [0, 0.05) is 42.7 Å². The van der Waals surface area contributed by atoms with Crippen LogP contribution in [-0.2, 0) is 24.3 Å². The fourth-order valence-electron chi connectivity index (χ4n) is 4.10. The first-order chi connectivity index (χ1) is 13.2. The van der Waals surface area contributed by atoms with E-state index in [1.165, 1.54) is 17.0 Å². The molecule has 0 N–H and O–H groups in total. The summed E-state index contributed by atoms with van der Waals surface area (Å²) < 4.78 is 0. The van der Waals surface area contributed by atoms with Crippen LogP contribution in [-0.4, -0.2) is 33.9 Å². The summed E-state index contributed by atoms with van der Waals surface area (Å²) in [5.74, 6) is 0.389. The van der Waals surface area contributed by atoms with Gasteiger partial charge < -0.3 is 0 Å². The van der Waals surface area contributed by atoms with Gasteiger partial charge in [-0.1, -0.05) is 43.6 Å². The molecule has 144 valence electrons. The van der Waals surface area contributed by atoms with Crippen molar-refractivity contribution >= 4 is 22.4 Å². The molecule has 2 aliphatic rings. The molecule has 2 aromatic heterocycles. The molecule has 6 heteroatoms. The highest BCUT2D eigenvalue weighted by Gasteiger charge is 2.30. The van der Waals surface area contributed by atoms with E-state index in [4.69, 9.17) is 4.98 Å². The molecule has 0 bridgehead atoms. The average Bonchev–Trinajstić information content (AvgIpc) is 3.15. The molecule has 2 aromatic rings. The van der Waals surface area contributed by atoms with Gasteiger partial charge in [-0.2, -0.15) is 0 Å². The van der Waals surface area contributed by atoms with Crippen LogP contribution in [0.1, 0.15) is 55.2 Å². The lowest BCUT2D eigenvalue weighted by atomic mass is 9.88. The van der Waals surface area contributed by atoms with Crippen LogP contribution in [0.25, 0.3) is 0 Å². The Bertz CT molecular complexity index is 770. The Labute approximate surface area is 165 Å². The van der Waals surface area contributed by atoms with Gasteiger partial charge in [0.25, 0.3) is 0 Å². The summed E-state index contributed by atoms with van der Waals surface area (Å²) in [5, 5.41) is 0.873. The summed E-state index contributed by atoms with van der Waals surface area (Å²) >= 11 is 1.71. The largest absolute Gasteiger partial charge is 0.298 e. The van der Waals surface area contributed by atoms with E-state index < -0.39 is 0 Å². The Balaban J connectivity index is 1.61. The number of pyridine rings is 1. The number of rotatable bonds is 5. The lowest BCUT2D eigenvalue weighted by molar-refractivity contribution is -0.123. The quantitative estimate of drug-likeness (QED) is 0.781. The minimum absolute atomic E-state index is 0.142. The van der Waals surface area contributed by atoms with Crippen molar-refractivity contribution in [3.05, 3.63) is 40.7 Å². The molecule has 0 saturated heterocycles. The molecule has 0 atom stereocenters. The number of carbonyl (C=O) groups is 1. The number of nitrogens with zero attached hydrogens (tertiary/aromatic N) is 4. The lowest BCUT2D eigenvalue weighted by Crippen LogP contribution is -2.36. The molecule has 1 fully saturated rings. The maximum atomic E-state index is 13.4. The van der Waals surface area contributed by atoms with Crippen molar-refractivity contribution in [3.63, 3.8) is 0 Å². The first kappa shape index (κ1) is 18.6. The fourth-order valence-corrected chi connectivity index (χ4v) is 5.26. The molecule has 0 unspecified atom stereocenters. The van der Waals surface area contributed by atoms with E-state index in [1.54, 1.807) is 17.5 Å². The molecular weight excluding hydrogens is 356 g/mol. The van der Waals surface area contributed by atoms with Gasteiger partial charge in [-0.05, 0) is 31.0 Å². The first-order valence-corrected chi connectivity index (χ1v) is 11.0. The topological polar surface area (TPSA) is 49.3 Å². The second kappa shape index (κ2) is 8.48. The third kappa shape index (κ3) is 4.22. The van der Waals surface area contributed by atoms with E-state index >= 15 is 0 Å². The van der Waals surface area contributed by atoms with Gasteiger partial charge in [0.2, 0.25) is 5.91 Å². The summed E-state index contributed by atoms with van der Waals surface area (Å²) in [6.07, 6.45) is 10.2. The van der Waals surface area contributed by atoms with Gasteiger partial charge in [0.15, 0.2) is 5.13 Å². The second-order valence-electron chi connectivity index (χ2n) is 7.61. The molecule has 5 nitrogen and oxygen atoms in total. The summed E-state index contributed by atoms with van der Waals surface area (Å²) in [6.45, 7) is 5.85. The number of thiazole rings is 1. The maximum Gasteiger partial charge on any atom is 0.232 e. The number of fused-ring (bicyclic) bond motifs is 1. The Morgan fingerprint density at radius 2 is 2.19 bits per heavy atom. The van der Waals surface area contributed by atoms with Crippen LogP contribution in [0.2, 0.25) is 0 Å². The summed E-state index contributed by atoms with van der Waals surface area (Å²) in [7, 11) is 0. The van der Waals surface area contributed by atoms with Crippen LogP contribution in [0.5, 0.6) is 0 Å². The number of likely N-dealkylation sites (N-methyl/N-ethyl adjacent to an activating group) is 1. The van der Waals surface area contributed by atoms with Crippen LogP contribution in [0, 0.1) is 5.92 Å². The number of hydrogen-bond acceptors (Lipinski definition) is 5. The standard InChI is InChI=1S/C21H28N4OS/c1-2-24-12-10-18-19(15-24)27-21(23-18)25(14-16-7-6-11-22-13-16)20(26)17-8-4-3-5-9-17/h6-7,11,13,17H,2-5,8-10,12,14-15H2,1H3. The van der Waals surface area contributed by atoms with Crippen molar-refractivity contribution in [1.82, 2.24) is 14.9 Å². The van der Waals surface area contributed by atoms with Crippen molar-refractivity contribution in [3.8, 4) is 0 Å². The zero-order valence-corrected chi connectivity index (χ0v) is 16.9. The number of carbonyl (C=O) groups excluding carboxylic acids is 1. The number of hydrogen-bond donors (Lipinski definition) is 0. The van der Waals surface area contributed by atoms with Crippen molar-refractivity contribution in [2.45, 2.75) is 58.5 Å². The van der Waals surface area contributed by atoms with E-state index in [-0.39, 0.29) is 11.8 Å². The monoisotopic (exact) mass is 384 g/mol. The van der Waals surface area contributed by atoms with Gasteiger partial charge >= 0.3 is 0 Å². The molecule has 3 heterocycles. The summed E-state index contributed by atoms with van der Waals surface area (Å²) in [4.78, 5) is 28.2. The summed E-state index contributed by atoms with van der Waals surface area (Å²) in [6, 6.07) is 3.98. The molecule has 4 rings (SSSR count). The Morgan fingerprint density at radius 3 is 2.93 bits per heavy atom. The van der Waals surface area contributed by atoms with E-state index in [1.807, 2.05) is 23.2 Å². The fraction of sp³-hybridized carbons (Fsp3) is 0.571. The Kier molecular flexibility index (Phi) is 5.83. The van der Waals surface area contributed by atoms with Crippen molar-refractivity contribution < 1.29 is 4.79 Å². The summed E-state index contributed by atoms with van der Waals surface area (Å²) in [5.41, 5.74) is 2.25. The molecule has 1 aliphatic carbocycles. The third-order valence-electron chi connectivity index (χ3n) is 5.76. The maximum absolute atomic E-state index is 13.4. The van der Waals surface area contributed by atoms with Crippen LogP contribution in [0.3, 0.4) is 0 Å². The highest BCUT2D eigenvalue weighted by atomic mass is 32.1. The molecule has 0 spiro atoms. The van der Waals surface area contributed by atoms with Crippen LogP contribution >= 0.6 is 11.3 Å². The minimum atomic E-state index is 0.142. The number of aromatic nitrogens is 2. The Hall–Kier alpha value is -1.79. The van der Waals surface area contributed by atoms with Crippen LogP contribution in [0.15, 0.2) is 24.5 Å². The normalized spacial score (nSPS) is 18.3. The molecule has 1 saturated carbocycles. The van der Waals surface area contributed by atoms with Gasteiger partial charge in [0.1, 0.15) is 0 Å². The average molecular weight is 385 g/mol. The zero-order chi connectivity index (χ0) is 18.6. The van der Waals surface area contributed by atoms with Crippen molar-refractivity contribution in [2.24, 2.45) is 5.92 Å². The van der Waals surface area contributed by atoms with Crippen molar-refractivity contribution in [2.75, 3.05) is 18.0 Å². The molecule has 0 radical (unpaired) electrons. The zero-order valence-electron chi connectivity index (χ0n) is 16.1. The highest BCUT2D eigenvalue weighted by molar-refractivity contribution is 7.15. The highest BCUT2D eigenvalue weighted by Crippen LogP contribution is 2.34. The van der Waals surface area contributed by atoms with E-state index in [9.17, 15) is 4.79 Å². The lowest BCUT2D eigenvalue weighted by Gasteiger charge is -2.27. The second-order valence-corrected chi connectivity index (χ2v) is 8.67. The van der Waals surface area contributed by atoms with Crippen LogP contribution in [0.4, 0.5) is 5.13 Å². The number of amides is 1. The molecule has 1 amide bonds. The van der Waals surface area contributed by atoms with E-state index in [0.717, 1.165) is 62.4 Å². The first-order valence-electron chi connectivity index (χ1n) is 10.2. The Morgan fingerprint density at radius 1 is 1.33 bits per heavy atom. The molecule has 27 heavy (non-hydrogen) atoms. The van der Waals surface area contributed by atoms with Gasteiger partial charge in [-0.15, -0.1) is 0 Å². The van der Waals surface area contributed by atoms with E-state index in [2.05, 4.69) is 16.8 Å². The van der Waals surface area contributed by atoms with Gasteiger partial charge in [-0.3, -0.25) is 19.6 Å². The number of anilines is 1. The SMILES string of the molecule is CCN1CCc2nc(N(Cc3cccnc3)C(=O)C3CCCCC3)sc2C1. The predicted molar refractivity (Wildman–Crippen MR) is 109 cm³/mol. The van der Waals surface area contributed by atoms with Gasteiger partial charge in [-0.25, -0.2) is 4.98 Å².